The van der Waals surface area contributed by atoms with Crippen molar-refractivity contribution in [2.75, 3.05) is 6.79 Å². The van der Waals surface area contributed by atoms with Gasteiger partial charge in [0.25, 0.3) is 0 Å². The van der Waals surface area contributed by atoms with Gasteiger partial charge < -0.3 is 14.0 Å². The highest BCUT2D eigenvalue weighted by Crippen LogP contribution is 2.37. The second kappa shape index (κ2) is 6.47. The smallest absolute Gasteiger partial charge is 0.308 e. The number of aryl methyl sites for hydroxylation is 1. The molecule has 1 aliphatic rings. The molecule has 0 atom stereocenters. The van der Waals surface area contributed by atoms with Crippen LogP contribution in [0.5, 0.6) is 11.5 Å². The molecule has 0 fully saturated rings. The Morgan fingerprint density at radius 1 is 1.19 bits per heavy atom. The molecule has 1 aliphatic heterocycles. The van der Waals surface area contributed by atoms with Crippen LogP contribution in [-0.2, 0) is 6.54 Å². The molecule has 0 radical (unpaired) electrons. The quantitative estimate of drug-likeness (QED) is 0.520. The molecule has 0 spiro atoms. The van der Waals surface area contributed by atoms with Gasteiger partial charge >= 0.3 is 5.91 Å². The van der Waals surface area contributed by atoms with E-state index in [9.17, 15) is 4.79 Å². The number of carbonyl (C=O) groups is 1. The molecular formula is C19H15N3O3S2. The molecule has 0 bridgehead atoms. The normalized spacial score (nSPS) is 13.7. The van der Waals surface area contributed by atoms with E-state index in [1.807, 2.05) is 36.4 Å². The van der Waals surface area contributed by atoms with Crippen molar-refractivity contribution in [3.8, 4) is 11.5 Å². The van der Waals surface area contributed by atoms with Crippen LogP contribution < -0.4 is 14.3 Å². The number of aromatic nitrogens is 2. The molecule has 0 unspecified atom stereocenters. The van der Waals surface area contributed by atoms with Crippen molar-refractivity contribution in [1.82, 2.24) is 9.55 Å². The number of ether oxygens (including phenoxy) is 2. The van der Waals surface area contributed by atoms with Gasteiger partial charge in [-0.15, -0.1) is 11.3 Å². The van der Waals surface area contributed by atoms with Crippen molar-refractivity contribution >= 4 is 49.0 Å². The predicted molar refractivity (Wildman–Crippen MR) is 106 cm³/mol. The third-order valence-corrected chi connectivity index (χ3v) is 6.36. The van der Waals surface area contributed by atoms with Crippen LogP contribution in [0.15, 0.2) is 41.4 Å². The molecule has 6 nitrogen and oxygen atoms in total. The molecule has 4 aromatic rings. The largest absolute Gasteiger partial charge is 0.454 e. The highest BCUT2D eigenvalue weighted by molar-refractivity contribution is 7.20. The average Bonchev–Trinajstić information content (AvgIpc) is 3.37. The fourth-order valence-corrected chi connectivity index (χ4v) is 5.00. The minimum absolute atomic E-state index is 0.244. The zero-order chi connectivity index (χ0) is 18.4. The molecule has 1 amide bonds. The number of para-hydroxylation sites is 1. The average molecular weight is 397 g/mol. The lowest BCUT2D eigenvalue weighted by molar-refractivity contribution is 0.0997. The molecule has 8 heteroatoms. The first-order valence-electron chi connectivity index (χ1n) is 8.60. The Bertz CT molecular complexity index is 1220. The molecule has 0 saturated carbocycles. The van der Waals surface area contributed by atoms with Crippen molar-refractivity contribution in [2.24, 2.45) is 4.99 Å². The van der Waals surface area contributed by atoms with Gasteiger partial charge in [-0.1, -0.05) is 30.4 Å². The zero-order valence-electron chi connectivity index (χ0n) is 14.5. The van der Waals surface area contributed by atoms with Crippen LogP contribution in [0.3, 0.4) is 0 Å². The van der Waals surface area contributed by atoms with E-state index in [-0.39, 0.29) is 12.7 Å². The van der Waals surface area contributed by atoms with E-state index in [1.165, 1.54) is 22.7 Å². The second-order valence-electron chi connectivity index (χ2n) is 6.11. The first-order valence-corrected chi connectivity index (χ1v) is 10.2. The van der Waals surface area contributed by atoms with E-state index in [2.05, 4.69) is 21.5 Å². The molecule has 27 heavy (non-hydrogen) atoms. The van der Waals surface area contributed by atoms with Gasteiger partial charge in [-0.05, 0) is 18.6 Å². The van der Waals surface area contributed by atoms with Crippen LogP contribution in [0, 0.1) is 0 Å². The molecule has 3 heterocycles. The number of fused-ring (bicyclic) bond motifs is 3. The summed E-state index contributed by atoms with van der Waals surface area (Å²) in [6.45, 7) is 3.11. The summed E-state index contributed by atoms with van der Waals surface area (Å²) in [5.74, 6) is 1.15. The van der Waals surface area contributed by atoms with Gasteiger partial charge in [0.2, 0.25) is 6.79 Å². The van der Waals surface area contributed by atoms with Gasteiger partial charge in [-0.25, -0.2) is 4.98 Å². The first-order chi connectivity index (χ1) is 13.2. The maximum atomic E-state index is 12.7. The summed E-state index contributed by atoms with van der Waals surface area (Å²) in [6.07, 6.45) is 0.933. The number of hydrogen-bond donors (Lipinski definition) is 0. The van der Waals surface area contributed by atoms with Crippen molar-refractivity contribution in [2.45, 2.75) is 19.9 Å². The summed E-state index contributed by atoms with van der Waals surface area (Å²) in [4.78, 5) is 22.2. The number of nitrogens with zero attached hydrogens (tertiary/aromatic N) is 3. The topological polar surface area (TPSA) is 65.7 Å². The van der Waals surface area contributed by atoms with Crippen LogP contribution in [0.25, 0.3) is 20.4 Å². The van der Waals surface area contributed by atoms with Gasteiger partial charge in [0, 0.05) is 18.7 Å². The molecule has 0 aliphatic carbocycles. The van der Waals surface area contributed by atoms with E-state index in [4.69, 9.17) is 9.47 Å². The Kier molecular flexibility index (Phi) is 3.95. The third kappa shape index (κ3) is 2.81. The minimum Gasteiger partial charge on any atom is -0.454 e. The summed E-state index contributed by atoms with van der Waals surface area (Å²) < 4.78 is 15.0. The maximum absolute atomic E-state index is 12.7. The van der Waals surface area contributed by atoms with Crippen LogP contribution in [0.4, 0.5) is 0 Å². The molecule has 136 valence electrons. The van der Waals surface area contributed by atoms with Gasteiger partial charge in [-0.2, -0.15) is 4.99 Å². The monoisotopic (exact) mass is 397 g/mol. The Balaban J connectivity index is 1.64. The fourth-order valence-electron chi connectivity index (χ4n) is 3.08. The Hall–Kier alpha value is -2.71. The lowest BCUT2D eigenvalue weighted by Gasteiger charge is -2.03. The first kappa shape index (κ1) is 16.5. The van der Waals surface area contributed by atoms with E-state index < -0.39 is 0 Å². The standard InChI is InChI=1S/C19H15N3O3S2/c1-2-7-22-12-8-13-14(25-10-24-13)9-16(12)27-19(22)21-17(23)18-20-11-5-3-4-6-15(11)26-18/h3-6,8-9H,2,7,10H2,1H3. The van der Waals surface area contributed by atoms with Crippen molar-refractivity contribution in [3.05, 3.63) is 46.2 Å². The number of benzene rings is 2. The Morgan fingerprint density at radius 3 is 2.81 bits per heavy atom. The van der Waals surface area contributed by atoms with Gasteiger partial charge in [-0.3, -0.25) is 4.79 Å². The van der Waals surface area contributed by atoms with Crippen molar-refractivity contribution in [1.29, 1.82) is 0 Å². The van der Waals surface area contributed by atoms with Crippen molar-refractivity contribution < 1.29 is 14.3 Å². The van der Waals surface area contributed by atoms with Crippen LogP contribution in [0.1, 0.15) is 23.1 Å². The molecule has 0 saturated heterocycles. The molecule has 2 aromatic carbocycles. The number of hydrogen-bond acceptors (Lipinski definition) is 6. The summed E-state index contributed by atoms with van der Waals surface area (Å²) in [5, 5.41) is 0.408. The summed E-state index contributed by atoms with van der Waals surface area (Å²) in [7, 11) is 0. The summed E-state index contributed by atoms with van der Waals surface area (Å²) in [6, 6.07) is 11.6. The lowest BCUT2D eigenvalue weighted by atomic mass is 10.3. The predicted octanol–water partition coefficient (Wildman–Crippen LogP) is 4.19. The Labute approximate surface area is 162 Å². The van der Waals surface area contributed by atoms with Crippen LogP contribution in [0.2, 0.25) is 0 Å². The Morgan fingerprint density at radius 2 is 2.00 bits per heavy atom. The molecule has 5 rings (SSSR count). The minimum atomic E-state index is -0.312. The van der Waals surface area contributed by atoms with Gasteiger partial charge in [0.05, 0.1) is 20.4 Å². The summed E-state index contributed by atoms with van der Waals surface area (Å²) >= 11 is 2.85. The van der Waals surface area contributed by atoms with Crippen LogP contribution >= 0.6 is 22.7 Å². The number of amides is 1. The molecular weight excluding hydrogens is 382 g/mol. The van der Waals surface area contributed by atoms with Gasteiger partial charge in [0.1, 0.15) is 0 Å². The number of thiazole rings is 2. The SMILES string of the molecule is CCCn1c(=NC(=O)c2nc3ccccc3s2)sc2cc3c(cc21)OCO3. The highest BCUT2D eigenvalue weighted by Gasteiger charge is 2.18. The number of carbonyl (C=O) groups excluding carboxylic acids is 1. The second-order valence-corrected chi connectivity index (χ2v) is 8.15. The van der Waals surface area contributed by atoms with E-state index in [1.54, 1.807) is 0 Å². The fraction of sp³-hybridized carbons (Fsp3) is 0.211. The van der Waals surface area contributed by atoms with Crippen LogP contribution in [-0.4, -0.2) is 22.3 Å². The third-order valence-electron chi connectivity index (χ3n) is 4.30. The van der Waals surface area contributed by atoms with Crippen molar-refractivity contribution in [3.63, 3.8) is 0 Å². The van der Waals surface area contributed by atoms with E-state index in [0.29, 0.717) is 9.81 Å². The zero-order valence-corrected chi connectivity index (χ0v) is 16.1. The van der Waals surface area contributed by atoms with Gasteiger partial charge in [0.15, 0.2) is 21.3 Å². The van der Waals surface area contributed by atoms with E-state index in [0.717, 1.165) is 44.9 Å². The number of rotatable bonds is 3. The highest BCUT2D eigenvalue weighted by atomic mass is 32.1. The molecule has 2 aromatic heterocycles. The summed E-state index contributed by atoms with van der Waals surface area (Å²) in [5.41, 5.74) is 1.83. The molecule has 0 N–H and O–H groups in total. The lowest BCUT2D eigenvalue weighted by Crippen LogP contribution is -2.16. The van der Waals surface area contributed by atoms with E-state index >= 15 is 0 Å². The maximum Gasteiger partial charge on any atom is 0.308 e.